The second-order valence-corrected chi connectivity index (χ2v) is 6.12. The summed E-state index contributed by atoms with van der Waals surface area (Å²) in [5.74, 6) is 1.56. The van der Waals surface area contributed by atoms with Crippen LogP contribution in [0.2, 0.25) is 0 Å². The highest BCUT2D eigenvalue weighted by molar-refractivity contribution is 5.04. The normalized spacial score (nSPS) is 26.2. The first kappa shape index (κ1) is 11.6. The highest BCUT2D eigenvalue weighted by Crippen LogP contribution is 2.29. The number of nitrogens with zero attached hydrogens (tertiary/aromatic N) is 2. The van der Waals surface area contributed by atoms with E-state index in [0.717, 1.165) is 31.1 Å². The molecule has 0 aromatic carbocycles. The second kappa shape index (κ2) is 3.84. The van der Waals surface area contributed by atoms with Crippen molar-refractivity contribution in [2.75, 3.05) is 6.54 Å². The molecule has 0 amide bonds. The van der Waals surface area contributed by atoms with E-state index in [1.165, 1.54) is 6.42 Å². The molecular weight excluding hydrogens is 202 g/mol. The molecule has 1 saturated heterocycles. The molecule has 1 unspecified atom stereocenters. The second-order valence-electron chi connectivity index (χ2n) is 6.12. The molecule has 1 aliphatic heterocycles. The van der Waals surface area contributed by atoms with Gasteiger partial charge in [0.1, 0.15) is 0 Å². The molecule has 1 fully saturated rings. The zero-order valence-electron chi connectivity index (χ0n) is 10.6. The van der Waals surface area contributed by atoms with Gasteiger partial charge in [0.15, 0.2) is 5.82 Å². The van der Waals surface area contributed by atoms with Crippen molar-refractivity contribution in [3.8, 4) is 0 Å². The number of hydrogen-bond donors (Lipinski definition) is 1. The van der Waals surface area contributed by atoms with Crippen LogP contribution in [0.15, 0.2) is 4.52 Å². The molecular formula is C12H21N3O. The lowest BCUT2D eigenvalue weighted by Gasteiger charge is -2.18. The quantitative estimate of drug-likeness (QED) is 0.835. The van der Waals surface area contributed by atoms with Crippen LogP contribution >= 0.6 is 0 Å². The molecule has 1 atom stereocenters. The number of rotatable bonds is 2. The van der Waals surface area contributed by atoms with E-state index in [2.05, 4.69) is 43.2 Å². The van der Waals surface area contributed by atoms with Gasteiger partial charge in [-0.15, -0.1) is 0 Å². The molecule has 4 heteroatoms. The molecule has 2 rings (SSSR count). The Kier molecular flexibility index (Phi) is 2.78. The topological polar surface area (TPSA) is 51.0 Å². The standard InChI is InChI=1S/C12H21N3O/c1-11(2,3)8-9-14-10(16-15-9)12(4)6-5-7-13-12/h13H,5-8H2,1-4H3. The largest absolute Gasteiger partial charge is 0.337 e. The van der Waals surface area contributed by atoms with Crippen LogP contribution in [0.3, 0.4) is 0 Å². The molecule has 1 aromatic rings. The molecule has 1 aromatic heterocycles. The zero-order valence-corrected chi connectivity index (χ0v) is 10.6. The highest BCUT2D eigenvalue weighted by atomic mass is 16.5. The van der Waals surface area contributed by atoms with Gasteiger partial charge in [0.05, 0.1) is 5.54 Å². The first-order valence-corrected chi connectivity index (χ1v) is 5.97. The molecule has 0 bridgehead atoms. The van der Waals surface area contributed by atoms with Crippen molar-refractivity contribution in [2.45, 2.75) is 52.5 Å². The van der Waals surface area contributed by atoms with E-state index < -0.39 is 0 Å². The van der Waals surface area contributed by atoms with Gasteiger partial charge in [-0.05, 0) is 31.7 Å². The van der Waals surface area contributed by atoms with Crippen LogP contribution < -0.4 is 5.32 Å². The smallest absolute Gasteiger partial charge is 0.246 e. The van der Waals surface area contributed by atoms with Crippen molar-refractivity contribution in [3.05, 3.63) is 11.7 Å². The van der Waals surface area contributed by atoms with Crippen molar-refractivity contribution in [3.63, 3.8) is 0 Å². The Hall–Kier alpha value is -0.900. The van der Waals surface area contributed by atoms with Crippen molar-refractivity contribution in [1.29, 1.82) is 0 Å². The van der Waals surface area contributed by atoms with Gasteiger partial charge in [0, 0.05) is 6.42 Å². The van der Waals surface area contributed by atoms with Gasteiger partial charge < -0.3 is 9.84 Å². The minimum absolute atomic E-state index is 0.108. The summed E-state index contributed by atoms with van der Waals surface area (Å²) in [6.07, 6.45) is 3.10. The molecule has 2 heterocycles. The van der Waals surface area contributed by atoms with Crippen LogP contribution in [0.4, 0.5) is 0 Å². The Labute approximate surface area is 96.8 Å². The van der Waals surface area contributed by atoms with Crippen LogP contribution in [0.5, 0.6) is 0 Å². The first-order chi connectivity index (χ1) is 7.39. The van der Waals surface area contributed by atoms with E-state index in [0.29, 0.717) is 0 Å². The first-order valence-electron chi connectivity index (χ1n) is 5.97. The summed E-state index contributed by atoms with van der Waals surface area (Å²) in [5, 5.41) is 7.49. The molecule has 0 radical (unpaired) electrons. The van der Waals surface area contributed by atoms with E-state index in [1.54, 1.807) is 0 Å². The predicted molar refractivity (Wildman–Crippen MR) is 62.0 cm³/mol. The Morgan fingerprint density at radius 1 is 1.44 bits per heavy atom. The molecule has 1 aliphatic rings. The third-order valence-corrected chi connectivity index (χ3v) is 3.00. The maximum absolute atomic E-state index is 5.37. The Bertz CT molecular complexity index is 359. The molecule has 16 heavy (non-hydrogen) atoms. The van der Waals surface area contributed by atoms with Crippen LogP contribution in [-0.2, 0) is 12.0 Å². The number of hydrogen-bond acceptors (Lipinski definition) is 4. The third kappa shape index (κ3) is 2.43. The SMILES string of the molecule is CC(C)(C)Cc1noc(C2(C)CCCN2)n1. The zero-order chi connectivity index (χ0) is 11.8. The van der Waals surface area contributed by atoms with Gasteiger partial charge in [0.2, 0.25) is 5.89 Å². The predicted octanol–water partition coefficient (Wildman–Crippen LogP) is 2.26. The lowest BCUT2D eigenvalue weighted by molar-refractivity contribution is 0.273. The molecule has 1 N–H and O–H groups in total. The lowest BCUT2D eigenvalue weighted by atomic mass is 9.92. The minimum atomic E-state index is -0.108. The third-order valence-electron chi connectivity index (χ3n) is 3.00. The van der Waals surface area contributed by atoms with Crippen LogP contribution in [0.1, 0.15) is 52.3 Å². The Balaban J connectivity index is 2.13. The maximum atomic E-state index is 5.37. The van der Waals surface area contributed by atoms with Crippen molar-refractivity contribution >= 4 is 0 Å². The summed E-state index contributed by atoms with van der Waals surface area (Å²) in [7, 11) is 0. The average Bonchev–Trinajstić information content (AvgIpc) is 2.72. The average molecular weight is 223 g/mol. The van der Waals surface area contributed by atoms with Gasteiger partial charge in [-0.1, -0.05) is 25.9 Å². The minimum Gasteiger partial charge on any atom is -0.337 e. The van der Waals surface area contributed by atoms with E-state index in [-0.39, 0.29) is 11.0 Å². The highest BCUT2D eigenvalue weighted by Gasteiger charge is 2.35. The van der Waals surface area contributed by atoms with Crippen LogP contribution in [0, 0.1) is 5.41 Å². The van der Waals surface area contributed by atoms with Crippen LogP contribution in [-0.4, -0.2) is 16.7 Å². The summed E-state index contributed by atoms with van der Waals surface area (Å²) in [6.45, 7) is 9.71. The van der Waals surface area contributed by atoms with E-state index in [1.807, 2.05) is 0 Å². The summed E-state index contributed by atoms with van der Waals surface area (Å²) in [6, 6.07) is 0. The molecule has 0 spiro atoms. The maximum Gasteiger partial charge on any atom is 0.246 e. The number of nitrogens with one attached hydrogen (secondary N) is 1. The van der Waals surface area contributed by atoms with Crippen molar-refractivity contribution in [2.24, 2.45) is 5.41 Å². The summed E-state index contributed by atoms with van der Waals surface area (Å²) in [4.78, 5) is 4.51. The molecule has 0 aliphatic carbocycles. The summed E-state index contributed by atoms with van der Waals surface area (Å²) >= 11 is 0. The fraction of sp³-hybridized carbons (Fsp3) is 0.833. The molecule has 0 saturated carbocycles. The van der Waals surface area contributed by atoms with Gasteiger partial charge in [-0.3, -0.25) is 0 Å². The summed E-state index contributed by atoms with van der Waals surface area (Å²) in [5.41, 5.74) is 0.0916. The van der Waals surface area contributed by atoms with E-state index >= 15 is 0 Å². The lowest BCUT2D eigenvalue weighted by Crippen LogP contribution is -2.33. The van der Waals surface area contributed by atoms with Gasteiger partial charge in [0.25, 0.3) is 0 Å². The number of aromatic nitrogens is 2. The Morgan fingerprint density at radius 3 is 2.75 bits per heavy atom. The monoisotopic (exact) mass is 223 g/mol. The van der Waals surface area contributed by atoms with Crippen LogP contribution in [0.25, 0.3) is 0 Å². The van der Waals surface area contributed by atoms with E-state index in [9.17, 15) is 0 Å². The van der Waals surface area contributed by atoms with Gasteiger partial charge in [-0.2, -0.15) is 4.98 Å². The molecule has 90 valence electrons. The fourth-order valence-electron chi connectivity index (χ4n) is 2.10. The van der Waals surface area contributed by atoms with Crippen molar-refractivity contribution in [1.82, 2.24) is 15.5 Å². The van der Waals surface area contributed by atoms with Gasteiger partial charge in [-0.25, -0.2) is 0 Å². The van der Waals surface area contributed by atoms with Crippen molar-refractivity contribution < 1.29 is 4.52 Å². The Morgan fingerprint density at radius 2 is 2.19 bits per heavy atom. The van der Waals surface area contributed by atoms with Gasteiger partial charge >= 0.3 is 0 Å². The van der Waals surface area contributed by atoms with E-state index in [4.69, 9.17) is 4.52 Å². The fourth-order valence-corrected chi connectivity index (χ4v) is 2.10. The summed E-state index contributed by atoms with van der Waals surface area (Å²) < 4.78 is 5.37. The molecule has 4 nitrogen and oxygen atoms in total.